The quantitative estimate of drug-likeness (QED) is 0.175. The zero-order valence-corrected chi connectivity index (χ0v) is 23.5. The third-order valence-corrected chi connectivity index (χ3v) is 7.39. The number of hydrazone groups is 1. The van der Waals surface area contributed by atoms with Crippen LogP contribution < -0.4 is 11.2 Å². The average Bonchev–Trinajstić information content (AvgIpc) is 3.71. The van der Waals surface area contributed by atoms with Gasteiger partial charge in [0, 0.05) is 22.3 Å². The van der Waals surface area contributed by atoms with Crippen LogP contribution in [-0.4, -0.2) is 46.5 Å². The van der Waals surface area contributed by atoms with Gasteiger partial charge in [0.25, 0.3) is 0 Å². The lowest BCUT2D eigenvalue weighted by Gasteiger charge is -2.06. The maximum absolute atomic E-state index is 13.8. The molecule has 0 unspecified atom stereocenters. The number of thioether (sulfide) groups is 1. The molecule has 13 heteroatoms. The van der Waals surface area contributed by atoms with Crippen LogP contribution in [0.2, 0.25) is 5.02 Å². The van der Waals surface area contributed by atoms with Crippen LogP contribution in [0, 0.1) is 5.82 Å². The highest BCUT2D eigenvalue weighted by atomic mass is 35.5. The molecule has 0 saturated carbocycles. The van der Waals surface area contributed by atoms with E-state index in [2.05, 4.69) is 15.5 Å². The van der Waals surface area contributed by atoms with Crippen molar-refractivity contribution in [3.63, 3.8) is 0 Å². The summed E-state index contributed by atoms with van der Waals surface area (Å²) in [5.74, 6) is 0.346. The van der Waals surface area contributed by atoms with Crippen molar-refractivity contribution < 1.29 is 9.50 Å². The zero-order valence-electron chi connectivity index (χ0n) is 21.1. The molecule has 3 aromatic carbocycles. The Morgan fingerprint density at radius 3 is 2.41 bits per heavy atom. The topological polar surface area (TPSA) is 119 Å². The SMILES string of the molecule is NC(=S)N/N=C1\CSC(n2nc(-c3cn(-c4ccccc4)nc3-c3ccc(Cl)cc3)c(O)c2-c2ccc(F)cc2)=N1. The molecule has 0 saturated heterocycles. The summed E-state index contributed by atoms with van der Waals surface area (Å²) in [5, 5.41) is 26.5. The normalized spacial score (nSPS) is 13.9. The summed E-state index contributed by atoms with van der Waals surface area (Å²) in [5.41, 5.74) is 11.9. The monoisotopic (exact) mass is 602 g/mol. The van der Waals surface area contributed by atoms with Gasteiger partial charge in [0.05, 0.1) is 17.0 Å². The highest BCUT2D eigenvalue weighted by Gasteiger charge is 2.29. The number of halogens is 2. The van der Waals surface area contributed by atoms with Crippen molar-refractivity contribution in [3.8, 4) is 45.2 Å². The number of para-hydroxylation sites is 1. The van der Waals surface area contributed by atoms with Crippen molar-refractivity contribution in [1.29, 1.82) is 0 Å². The van der Waals surface area contributed by atoms with Crippen LogP contribution in [0.5, 0.6) is 5.75 Å². The Kier molecular flexibility index (Phi) is 7.26. The van der Waals surface area contributed by atoms with Crippen molar-refractivity contribution in [2.75, 3.05) is 5.75 Å². The first-order valence-corrected chi connectivity index (χ1v) is 14.0. The van der Waals surface area contributed by atoms with Gasteiger partial charge in [-0.3, -0.25) is 5.43 Å². The first-order valence-electron chi connectivity index (χ1n) is 12.2. The Hall–Kier alpha value is -4.52. The number of nitrogens with two attached hydrogens (primary N) is 1. The number of benzene rings is 3. The second kappa shape index (κ2) is 11.2. The number of rotatable bonds is 5. The van der Waals surface area contributed by atoms with Crippen molar-refractivity contribution in [3.05, 3.63) is 95.9 Å². The maximum atomic E-state index is 13.8. The summed E-state index contributed by atoms with van der Waals surface area (Å²) in [7, 11) is 0. The van der Waals surface area contributed by atoms with E-state index in [9.17, 15) is 9.50 Å². The lowest BCUT2D eigenvalue weighted by atomic mass is 10.0. The Morgan fingerprint density at radius 2 is 1.71 bits per heavy atom. The number of hydrogen-bond donors (Lipinski definition) is 3. The number of amidine groups is 1. The van der Waals surface area contributed by atoms with Gasteiger partial charge in [0.15, 0.2) is 21.9 Å². The van der Waals surface area contributed by atoms with Gasteiger partial charge in [-0.2, -0.15) is 15.3 Å². The van der Waals surface area contributed by atoms with Gasteiger partial charge in [0.1, 0.15) is 22.9 Å². The molecule has 2 aromatic heterocycles. The minimum absolute atomic E-state index is 0.0160. The lowest BCUT2D eigenvalue weighted by Crippen LogP contribution is -2.25. The number of aliphatic imine (C=N–C) groups is 1. The van der Waals surface area contributed by atoms with Gasteiger partial charge in [-0.1, -0.05) is 53.7 Å². The Morgan fingerprint density at radius 1 is 1.00 bits per heavy atom. The molecule has 0 bridgehead atoms. The number of aromatic hydroxyl groups is 1. The minimum atomic E-state index is -0.403. The molecule has 204 valence electrons. The van der Waals surface area contributed by atoms with Gasteiger partial charge in [-0.15, -0.1) is 0 Å². The van der Waals surface area contributed by atoms with E-state index in [1.54, 1.807) is 28.9 Å². The standard InChI is InChI=1S/C28H20ClFN8OS2/c29-18-10-6-16(7-11-18)23-21(14-37(35-23)20-4-2-1-3-5-20)24-26(39)25(17-8-12-19(30)13-9-17)38(36-24)28-32-22(15-41-28)33-34-27(31)40/h1-14,39H,15H2,(H3,31,34,40)/b33-22+. The summed E-state index contributed by atoms with van der Waals surface area (Å²) >= 11 is 12.3. The number of thiocarbonyl (C=S) groups is 1. The minimum Gasteiger partial charge on any atom is -0.504 e. The van der Waals surface area contributed by atoms with E-state index in [-0.39, 0.29) is 16.6 Å². The molecule has 5 aromatic rings. The molecule has 0 fully saturated rings. The first kappa shape index (κ1) is 26.7. The van der Waals surface area contributed by atoms with Crippen LogP contribution in [0.3, 0.4) is 0 Å². The number of nitrogens with one attached hydrogen (secondary N) is 1. The molecule has 41 heavy (non-hydrogen) atoms. The fourth-order valence-corrected chi connectivity index (χ4v) is 5.25. The van der Waals surface area contributed by atoms with Crippen LogP contribution in [0.1, 0.15) is 0 Å². The van der Waals surface area contributed by atoms with E-state index in [1.807, 2.05) is 48.7 Å². The van der Waals surface area contributed by atoms with Crippen molar-refractivity contribution in [2.45, 2.75) is 0 Å². The van der Waals surface area contributed by atoms with Crippen LogP contribution in [-0.2, 0) is 0 Å². The molecule has 0 aliphatic carbocycles. The predicted octanol–water partition coefficient (Wildman–Crippen LogP) is 5.67. The molecule has 0 spiro atoms. The molecule has 0 radical (unpaired) electrons. The summed E-state index contributed by atoms with van der Waals surface area (Å²) in [6.07, 6.45) is 1.81. The highest BCUT2D eigenvalue weighted by molar-refractivity contribution is 8.14. The van der Waals surface area contributed by atoms with E-state index < -0.39 is 5.82 Å². The Bertz CT molecular complexity index is 1820. The third-order valence-electron chi connectivity index (χ3n) is 6.12. The molecular weight excluding hydrogens is 583 g/mol. The second-order valence-corrected chi connectivity index (χ2v) is 10.6. The fourth-order valence-electron chi connectivity index (χ4n) is 4.27. The number of hydrogen-bond acceptors (Lipinski definition) is 6. The average molecular weight is 603 g/mol. The highest BCUT2D eigenvalue weighted by Crippen LogP contribution is 2.42. The first-order chi connectivity index (χ1) is 19.9. The van der Waals surface area contributed by atoms with Gasteiger partial charge in [-0.05, 0) is 60.7 Å². The Balaban J connectivity index is 1.56. The van der Waals surface area contributed by atoms with Gasteiger partial charge < -0.3 is 10.8 Å². The third kappa shape index (κ3) is 5.44. The van der Waals surface area contributed by atoms with Gasteiger partial charge in [0.2, 0.25) is 0 Å². The summed E-state index contributed by atoms with van der Waals surface area (Å²) in [6, 6.07) is 22.6. The van der Waals surface area contributed by atoms with E-state index in [0.717, 1.165) is 11.3 Å². The van der Waals surface area contributed by atoms with Gasteiger partial charge >= 0.3 is 0 Å². The second-order valence-electron chi connectivity index (χ2n) is 8.83. The van der Waals surface area contributed by atoms with Crippen molar-refractivity contribution >= 4 is 51.7 Å². The molecule has 4 N–H and O–H groups in total. The Labute approximate surface area is 248 Å². The zero-order chi connectivity index (χ0) is 28.5. The van der Waals surface area contributed by atoms with E-state index in [1.165, 1.54) is 28.6 Å². The van der Waals surface area contributed by atoms with Crippen LogP contribution >= 0.6 is 35.6 Å². The van der Waals surface area contributed by atoms with Gasteiger partial charge in [-0.25, -0.2) is 18.7 Å². The molecule has 9 nitrogen and oxygen atoms in total. The molecule has 6 rings (SSSR count). The van der Waals surface area contributed by atoms with Crippen molar-refractivity contribution in [1.82, 2.24) is 25.0 Å². The molecule has 0 amide bonds. The summed E-state index contributed by atoms with van der Waals surface area (Å²) in [6.45, 7) is 0. The van der Waals surface area contributed by atoms with E-state index in [0.29, 0.717) is 44.3 Å². The van der Waals surface area contributed by atoms with Crippen LogP contribution in [0.25, 0.3) is 39.5 Å². The number of aromatic nitrogens is 4. The summed E-state index contributed by atoms with van der Waals surface area (Å²) < 4.78 is 17.1. The molecule has 1 aliphatic rings. The smallest absolute Gasteiger partial charge is 0.191 e. The molecular formula is C28H20ClFN8OS2. The van der Waals surface area contributed by atoms with E-state index >= 15 is 0 Å². The van der Waals surface area contributed by atoms with Crippen LogP contribution in [0.15, 0.2) is 95.2 Å². The molecule has 1 aliphatic heterocycles. The maximum Gasteiger partial charge on any atom is 0.191 e. The molecule has 0 atom stereocenters. The number of nitrogens with zero attached hydrogens (tertiary/aromatic N) is 6. The lowest BCUT2D eigenvalue weighted by molar-refractivity contribution is 0.479. The van der Waals surface area contributed by atoms with Crippen molar-refractivity contribution in [2.24, 2.45) is 15.8 Å². The molecule has 3 heterocycles. The predicted molar refractivity (Wildman–Crippen MR) is 165 cm³/mol. The largest absolute Gasteiger partial charge is 0.504 e. The van der Waals surface area contributed by atoms with E-state index in [4.69, 9.17) is 39.7 Å². The van der Waals surface area contributed by atoms with Crippen LogP contribution in [0.4, 0.5) is 4.39 Å². The summed E-state index contributed by atoms with van der Waals surface area (Å²) in [4.78, 5) is 4.56. The fraction of sp³-hybridized carbons (Fsp3) is 0.0357.